The summed E-state index contributed by atoms with van der Waals surface area (Å²) in [5.41, 5.74) is 0. The fraction of sp³-hybridized carbons (Fsp3) is 0.688. The van der Waals surface area contributed by atoms with Gasteiger partial charge in [-0.25, -0.2) is 0 Å². The Morgan fingerprint density at radius 1 is 1.38 bits per heavy atom. The van der Waals surface area contributed by atoms with E-state index >= 15 is 0 Å². The molecule has 0 radical (unpaired) electrons. The summed E-state index contributed by atoms with van der Waals surface area (Å²) in [6, 6.07) is 4.31. The molecule has 0 amide bonds. The lowest BCUT2D eigenvalue weighted by molar-refractivity contribution is 0.136. The van der Waals surface area contributed by atoms with E-state index in [-0.39, 0.29) is 0 Å². The highest BCUT2D eigenvalue weighted by Gasteiger charge is 2.05. The summed E-state index contributed by atoms with van der Waals surface area (Å²) in [6.07, 6.45) is 3.42. The van der Waals surface area contributed by atoms with Crippen LogP contribution >= 0.6 is 11.3 Å². The number of hydrogen-bond acceptors (Lipinski definition) is 3. The largest absolute Gasteiger partial charge is 0.380 e. The lowest BCUT2D eigenvalue weighted by atomic mass is 10.1. The van der Waals surface area contributed by atoms with Crippen molar-refractivity contribution in [2.24, 2.45) is 10.9 Å². The van der Waals surface area contributed by atoms with Gasteiger partial charge in [-0.3, -0.25) is 4.99 Å². The van der Waals surface area contributed by atoms with Gasteiger partial charge in [0, 0.05) is 31.6 Å². The number of thiophene rings is 1. The topological polar surface area (TPSA) is 45.6 Å². The smallest absolute Gasteiger partial charge is 0.191 e. The van der Waals surface area contributed by atoms with E-state index in [1.54, 1.807) is 7.05 Å². The van der Waals surface area contributed by atoms with E-state index in [2.05, 4.69) is 47.0 Å². The minimum Gasteiger partial charge on any atom is -0.380 e. The second-order valence-corrected chi connectivity index (χ2v) is 6.27. The van der Waals surface area contributed by atoms with Crippen LogP contribution in [0.4, 0.5) is 0 Å². The Morgan fingerprint density at radius 2 is 2.24 bits per heavy atom. The van der Waals surface area contributed by atoms with Gasteiger partial charge in [0.25, 0.3) is 0 Å². The third-order valence-corrected chi connectivity index (χ3v) is 4.05. The van der Waals surface area contributed by atoms with E-state index in [4.69, 9.17) is 4.74 Å². The van der Waals surface area contributed by atoms with Crippen LogP contribution in [0.1, 0.15) is 31.6 Å². The predicted octanol–water partition coefficient (Wildman–Crippen LogP) is 2.91. The van der Waals surface area contributed by atoms with E-state index in [0.29, 0.717) is 5.92 Å². The molecule has 0 aliphatic heterocycles. The van der Waals surface area contributed by atoms with Gasteiger partial charge in [0.05, 0.1) is 6.61 Å². The highest BCUT2D eigenvalue weighted by molar-refractivity contribution is 7.09. The Bertz CT molecular complexity index is 379. The van der Waals surface area contributed by atoms with Crippen molar-refractivity contribution in [1.29, 1.82) is 0 Å². The quantitative estimate of drug-likeness (QED) is 0.397. The third-order valence-electron chi connectivity index (χ3n) is 3.15. The molecule has 1 rings (SSSR count). The van der Waals surface area contributed by atoms with Crippen molar-refractivity contribution in [3.05, 3.63) is 22.4 Å². The molecule has 0 aliphatic carbocycles. The van der Waals surface area contributed by atoms with E-state index in [0.717, 1.165) is 45.1 Å². The average molecular weight is 311 g/mol. The monoisotopic (exact) mass is 311 g/mol. The maximum atomic E-state index is 5.52. The van der Waals surface area contributed by atoms with Gasteiger partial charge in [0.2, 0.25) is 0 Å². The number of unbranched alkanes of at least 4 members (excludes halogenated alkanes) is 1. The van der Waals surface area contributed by atoms with Crippen molar-refractivity contribution in [3.63, 3.8) is 0 Å². The molecule has 1 aromatic heterocycles. The molecule has 1 aromatic rings. The average Bonchev–Trinajstić information content (AvgIpc) is 2.98. The molecule has 21 heavy (non-hydrogen) atoms. The van der Waals surface area contributed by atoms with Crippen molar-refractivity contribution in [1.82, 2.24) is 10.6 Å². The van der Waals surface area contributed by atoms with Gasteiger partial charge >= 0.3 is 0 Å². The molecular weight excluding hydrogens is 282 g/mol. The molecule has 120 valence electrons. The van der Waals surface area contributed by atoms with Crippen molar-refractivity contribution >= 4 is 17.3 Å². The molecule has 0 aliphatic rings. The Kier molecular flexibility index (Phi) is 9.91. The normalized spacial score (nSPS) is 13.2. The zero-order chi connectivity index (χ0) is 15.3. The summed E-state index contributed by atoms with van der Waals surface area (Å²) in [5, 5.41) is 8.78. The van der Waals surface area contributed by atoms with Gasteiger partial charge in [0.1, 0.15) is 0 Å². The number of nitrogens with one attached hydrogen (secondary N) is 2. The molecule has 0 saturated heterocycles. The molecule has 0 spiro atoms. The van der Waals surface area contributed by atoms with E-state index in [1.165, 1.54) is 11.3 Å². The van der Waals surface area contributed by atoms with Crippen molar-refractivity contribution in [2.45, 2.75) is 33.1 Å². The summed E-state index contributed by atoms with van der Waals surface area (Å²) < 4.78 is 5.52. The summed E-state index contributed by atoms with van der Waals surface area (Å²) in [6.45, 7) is 7.73. The van der Waals surface area contributed by atoms with E-state index in [1.807, 2.05) is 11.3 Å². The number of ether oxygens (including phenoxy) is 1. The van der Waals surface area contributed by atoms with Crippen LogP contribution < -0.4 is 10.6 Å². The Labute approximate surface area is 133 Å². The van der Waals surface area contributed by atoms with Gasteiger partial charge < -0.3 is 15.4 Å². The Hall–Kier alpha value is -1.07. The second kappa shape index (κ2) is 11.6. The van der Waals surface area contributed by atoms with Crippen LogP contribution in [-0.2, 0) is 11.2 Å². The van der Waals surface area contributed by atoms with E-state index in [9.17, 15) is 0 Å². The zero-order valence-electron chi connectivity index (χ0n) is 13.5. The Morgan fingerprint density at radius 3 is 2.90 bits per heavy atom. The molecule has 0 bridgehead atoms. The van der Waals surface area contributed by atoms with Crippen molar-refractivity contribution in [2.75, 3.05) is 33.4 Å². The summed E-state index contributed by atoms with van der Waals surface area (Å²) in [7, 11) is 1.80. The van der Waals surface area contributed by atoms with Gasteiger partial charge in [-0.1, -0.05) is 26.3 Å². The standard InChI is InChI=1S/C16H29N3OS/c1-4-5-9-20-10-8-18-16(17-3)19-13-14(2)12-15-7-6-11-21-15/h6-7,11,14H,4-5,8-10,12-13H2,1-3H3,(H2,17,18,19). The minimum absolute atomic E-state index is 0.586. The highest BCUT2D eigenvalue weighted by atomic mass is 32.1. The van der Waals surface area contributed by atoms with Crippen molar-refractivity contribution in [3.8, 4) is 0 Å². The minimum atomic E-state index is 0.586. The number of hydrogen-bond donors (Lipinski definition) is 2. The van der Waals surface area contributed by atoms with Gasteiger partial charge in [-0.15, -0.1) is 11.3 Å². The third kappa shape index (κ3) is 8.73. The molecular formula is C16H29N3OS. The number of rotatable bonds is 10. The molecule has 0 saturated carbocycles. The van der Waals surface area contributed by atoms with E-state index < -0.39 is 0 Å². The number of guanidine groups is 1. The van der Waals surface area contributed by atoms with Gasteiger partial charge in [0.15, 0.2) is 5.96 Å². The Balaban J connectivity index is 2.10. The summed E-state index contributed by atoms with van der Waals surface area (Å²) >= 11 is 1.82. The summed E-state index contributed by atoms with van der Waals surface area (Å²) in [5.74, 6) is 1.44. The second-order valence-electron chi connectivity index (χ2n) is 5.23. The SMILES string of the molecule is CCCCOCCNC(=NC)NCC(C)Cc1cccs1. The maximum Gasteiger partial charge on any atom is 0.191 e. The molecule has 5 heteroatoms. The molecule has 2 N–H and O–H groups in total. The predicted molar refractivity (Wildman–Crippen MR) is 92.3 cm³/mol. The van der Waals surface area contributed by atoms with Crippen LogP contribution in [-0.4, -0.2) is 39.3 Å². The molecule has 1 heterocycles. The van der Waals surface area contributed by atoms with Crippen LogP contribution in [0.15, 0.2) is 22.5 Å². The van der Waals surface area contributed by atoms with Crippen LogP contribution in [0.3, 0.4) is 0 Å². The fourth-order valence-corrected chi connectivity index (χ4v) is 2.80. The van der Waals surface area contributed by atoms with Gasteiger partial charge in [-0.2, -0.15) is 0 Å². The fourth-order valence-electron chi connectivity index (χ4n) is 1.93. The maximum absolute atomic E-state index is 5.52. The number of aliphatic imine (C=N–C) groups is 1. The zero-order valence-corrected chi connectivity index (χ0v) is 14.3. The number of nitrogens with zero attached hydrogens (tertiary/aromatic N) is 1. The molecule has 1 unspecified atom stereocenters. The molecule has 0 aromatic carbocycles. The first-order chi connectivity index (χ1) is 10.3. The van der Waals surface area contributed by atoms with Gasteiger partial charge in [-0.05, 0) is 30.2 Å². The first kappa shape index (κ1) is 18.0. The van der Waals surface area contributed by atoms with Crippen molar-refractivity contribution < 1.29 is 4.74 Å². The molecule has 1 atom stereocenters. The lowest BCUT2D eigenvalue weighted by Crippen LogP contribution is -2.41. The summed E-state index contributed by atoms with van der Waals surface area (Å²) in [4.78, 5) is 5.67. The molecule has 4 nitrogen and oxygen atoms in total. The first-order valence-electron chi connectivity index (χ1n) is 7.80. The lowest BCUT2D eigenvalue weighted by Gasteiger charge is -2.15. The van der Waals surface area contributed by atoms with Crippen LogP contribution in [0, 0.1) is 5.92 Å². The van der Waals surface area contributed by atoms with Crippen LogP contribution in [0.25, 0.3) is 0 Å². The first-order valence-corrected chi connectivity index (χ1v) is 8.68. The highest BCUT2D eigenvalue weighted by Crippen LogP contribution is 2.13. The van der Waals surface area contributed by atoms with Crippen LogP contribution in [0.5, 0.6) is 0 Å². The molecule has 0 fully saturated rings. The van der Waals surface area contributed by atoms with Crippen LogP contribution in [0.2, 0.25) is 0 Å².